The predicted octanol–water partition coefficient (Wildman–Crippen LogP) is 5.46. The second-order valence-electron chi connectivity index (χ2n) is 7.23. The Hall–Kier alpha value is -1.98. The Morgan fingerprint density at radius 1 is 1.13 bits per heavy atom. The predicted molar refractivity (Wildman–Crippen MR) is 122 cm³/mol. The van der Waals surface area contributed by atoms with Gasteiger partial charge in [0.1, 0.15) is 0 Å². The first-order valence-electron chi connectivity index (χ1n) is 9.39. The molecule has 1 aromatic heterocycles. The lowest BCUT2D eigenvalue weighted by Crippen LogP contribution is -2.21. The minimum Gasteiger partial charge on any atom is -0.293 e. The third kappa shape index (κ3) is 4.63. The highest BCUT2D eigenvalue weighted by molar-refractivity contribution is 8.33. The second-order valence-corrected chi connectivity index (χ2v) is 14.1. The van der Waals surface area contributed by atoms with Crippen LogP contribution in [0.5, 0.6) is 0 Å². The summed E-state index contributed by atoms with van der Waals surface area (Å²) in [5, 5.41) is 11.0. The highest BCUT2D eigenvalue weighted by Gasteiger charge is 2.39. The summed E-state index contributed by atoms with van der Waals surface area (Å²) in [6, 6.07) is 14.1. The van der Waals surface area contributed by atoms with Crippen molar-refractivity contribution in [3.8, 4) is 0 Å². The molecule has 0 atom stereocenters. The molecule has 1 N–H and O–H groups in total. The summed E-state index contributed by atoms with van der Waals surface area (Å²) in [5.41, 5.74) is 0.152. The fourth-order valence-corrected chi connectivity index (χ4v) is 11.0. The number of halogens is 1. The molecular formula is C20H19ClNO6S3+. The van der Waals surface area contributed by atoms with Crippen LogP contribution in [-0.2, 0) is 13.7 Å². The standard InChI is InChI=1S/C20H19ClNO6S3/c21-20-17(22(24)25)12-19(29-20)31(26,27)28-30(9-3-4-10-30)13-18(23)16-8-7-14-5-1-2-6-15(14)11-16/h1-2,5-8,11-12H,3-4,9-10,13H2,(H,24,25)/q+1. The van der Waals surface area contributed by atoms with Crippen molar-refractivity contribution in [3.05, 3.63) is 63.3 Å². The smallest absolute Gasteiger partial charge is 0.293 e. The summed E-state index contributed by atoms with van der Waals surface area (Å²) < 4.78 is 31.1. The molecule has 4 rings (SSSR count). The summed E-state index contributed by atoms with van der Waals surface area (Å²) in [6.45, 7) is 0. The van der Waals surface area contributed by atoms with Crippen LogP contribution in [0.1, 0.15) is 23.2 Å². The molecule has 1 fully saturated rings. The van der Waals surface area contributed by atoms with Crippen molar-refractivity contribution in [2.75, 3.05) is 17.3 Å². The van der Waals surface area contributed by atoms with Gasteiger partial charge in [-0.1, -0.05) is 48.0 Å². The molecule has 0 unspecified atom stereocenters. The van der Waals surface area contributed by atoms with Gasteiger partial charge in [-0.2, -0.15) is 8.42 Å². The highest BCUT2D eigenvalue weighted by Crippen LogP contribution is 2.57. The SMILES string of the molecule is O=C(CS1(OS(=O)(=O)c2cc([N+](=O)O)c(Cl)s2)CCCC1)c1ccc2ccccc2c1. The van der Waals surface area contributed by atoms with Crippen molar-refractivity contribution in [1.82, 2.24) is 0 Å². The zero-order valence-electron chi connectivity index (χ0n) is 16.2. The second kappa shape index (κ2) is 8.51. The van der Waals surface area contributed by atoms with Crippen LogP contribution in [0.3, 0.4) is 0 Å². The first-order valence-corrected chi connectivity index (χ1v) is 14.1. The minimum absolute atomic E-state index is 0.00418. The summed E-state index contributed by atoms with van der Waals surface area (Å²) in [6.07, 6.45) is 1.55. The van der Waals surface area contributed by atoms with Crippen LogP contribution in [0.25, 0.3) is 10.8 Å². The molecule has 0 aliphatic carbocycles. The number of Topliss-reactive ketones (excluding diaryl/α,β-unsaturated/α-hetero) is 1. The number of thiophene rings is 1. The number of ketones is 1. The van der Waals surface area contributed by atoms with E-state index >= 15 is 0 Å². The van der Waals surface area contributed by atoms with Gasteiger partial charge in [0.15, 0.2) is 14.3 Å². The van der Waals surface area contributed by atoms with Crippen LogP contribution >= 0.6 is 33.2 Å². The zero-order chi connectivity index (χ0) is 22.2. The lowest BCUT2D eigenvalue weighted by molar-refractivity contribution is -0.729. The number of hydrogen-bond acceptors (Lipinski definition) is 6. The molecule has 0 radical (unpaired) electrons. The van der Waals surface area contributed by atoms with E-state index in [2.05, 4.69) is 0 Å². The van der Waals surface area contributed by atoms with Crippen LogP contribution in [0, 0.1) is 4.91 Å². The Morgan fingerprint density at radius 2 is 1.81 bits per heavy atom. The van der Waals surface area contributed by atoms with Crippen LogP contribution in [0.15, 0.2) is 52.7 Å². The number of fused-ring (bicyclic) bond motifs is 1. The average molecular weight is 501 g/mol. The molecule has 164 valence electrons. The molecule has 31 heavy (non-hydrogen) atoms. The molecule has 1 saturated heterocycles. The number of carbonyl (C=O) groups is 1. The molecule has 11 heteroatoms. The largest absolute Gasteiger partial charge is 0.347 e. The fraction of sp³-hybridized carbons (Fsp3) is 0.250. The Bertz CT molecular complexity index is 1280. The van der Waals surface area contributed by atoms with E-state index in [0.717, 1.165) is 29.7 Å². The van der Waals surface area contributed by atoms with Gasteiger partial charge in [-0.15, -0.1) is 21.6 Å². The van der Waals surface area contributed by atoms with E-state index in [0.29, 0.717) is 28.4 Å². The summed E-state index contributed by atoms with van der Waals surface area (Å²) in [5.74, 6) is 0.851. The minimum atomic E-state index is -4.26. The highest BCUT2D eigenvalue weighted by atomic mass is 35.5. The third-order valence-corrected chi connectivity index (χ3v) is 12.4. The number of carbonyl (C=O) groups excluding carboxylic acids is 1. The number of benzene rings is 2. The number of nitrogens with zero attached hydrogens (tertiary/aromatic N) is 1. The number of hydrogen-bond donors (Lipinski definition) is 1. The molecule has 7 nitrogen and oxygen atoms in total. The lowest BCUT2D eigenvalue weighted by Gasteiger charge is -2.33. The molecule has 2 heterocycles. The first-order chi connectivity index (χ1) is 14.7. The quantitative estimate of drug-likeness (QED) is 0.341. The molecule has 0 bridgehead atoms. The van der Waals surface area contributed by atoms with E-state index in [-0.39, 0.29) is 25.8 Å². The summed E-state index contributed by atoms with van der Waals surface area (Å²) >= 11 is 6.49. The molecule has 1 aliphatic heterocycles. The van der Waals surface area contributed by atoms with E-state index < -0.39 is 25.4 Å². The Labute approximate surface area is 189 Å². The molecular weight excluding hydrogens is 482 g/mol. The van der Waals surface area contributed by atoms with Crippen molar-refractivity contribution in [2.24, 2.45) is 0 Å². The molecule has 1 aliphatic rings. The van der Waals surface area contributed by atoms with E-state index in [1.165, 1.54) is 0 Å². The summed E-state index contributed by atoms with van der Waals surface area (Å²) in [7, 11) is -6.48. The van der Waals surface area contributed by atoms with Gasteiger partial charge >= 0.3 is 15.8 Å². The monoisotopic (exact) mass is 500 g/mol. The topological polar surface area (TPSA) is 101 Å². The van der Waals surface area contributed by atoms with Gasteiger partial charge in [0.05, 0.1) is 16.7 Å². The van der Waals surface area contributed by atoms with E-state index in [1.54, 1.807) is 6.07 Å². The molecule has 0 spiro atoms. The van der Waals surface area contributed by atoms with Gasteiger partial charge in [-0.05, 0) is 29.7 Å². The molecule has 0 saturated carbocycles. The third-order valence-electron chi connectivity index (χ3n) is 5.08. The van der Waals surface area contributed by atoms with Crippen LogP contribution in [-0.4, -0.2) is 41.6 Å². The van der Waals surface area contributed by atoms with Crippen molar-refractivity contribution in [1.29, 1.82) is 0 Å². The normalized spacial score (nSPS) is 16.9. The van der Waals surface area contributed by atoms with Gasteiger partial charge in [-0.3, -0.25) is 4.79 Å². The van der Waals surface area contributed by atoms with Gasteiger partial charge in [0, 0.05) is 17.1 Å². The Morgan fingerprint density at radius 3 is 2.45 bits per heavy atom. The maximum atomic E-state index is 13.1. The molecule has 0 amide bonds. The lowest BCUT2D eigenvalue weighted by atomic mass is 10.1. The van der Waals surface area contributed by atoms with Gasteiger partial charge in [-0.25, -0.2) is 8.84 Å². The van der Waals surface area contributed by atoms with E-state index in [4.69, 9.17) is 20.4 Å². The summed E-state index contributed by atoms with van der Waals surface area (Å²) in [4.78, 5) is 23.7. The van der Waals surface area contributed by atoms with Crippen molar-refractivity contribution >= 4 is 65.6 Å². The zero-order valence-corrected chi connectivity index (χ0v) is 19.4. The average Bonchev–Trinajstić information content (AvgIpc) is 3.34. The Balaban J connectivity index is 1.60. The van der Waals surface area contributed by atoms with Gasteiger partial charge in [0.2, 0.25) is 0 Å². The number of rotatable bonds is 7. The first kappa shape index (κ1) is 22.2. The molecule has 3 aromatic rings. The molecule has 2 aromatic carbocycles. The van der Waals surface area contributed by atoms with Crippen LogP contribution < -0.4 is 0 Å². The van der Waals surface area contributed by atoms with Gasteiger partial charge < -0.3 is 0 Å². The maximum absolute atomic E-state index is 13.1. The van der Waals surface area contributed by atoms with E-state index in [9.17, 15) is 18.1 Å². The van der Waals surface area contributed by atoms with E-state index in [1.807, 2.05) is 36.4 Å². The van der Waals surface area contributed by atoms with Crippen molar-refractivity contribution in [2.45, 2.75) is 17.1 Å². The van der Waals surface area contributed by atoms with Crippen LogP contribution in [0.2, 0.25) is 4.34 Å². The van der Waals surface area contributed by atoms with Crippen LogP contribution in [0.4, 0.5) is 5.69 Å². The Kier molecular flexibility index (Phi) is 6.10. The van der Waals surface area contributed by atoms with Gasteiger partial charge in [0.25, 0.3) is 4.92 Å². The fourth-order valence-electron chi connectivity index (χ4n) is 3.57. The van der Waals surface area contributed by atoms with Crippen molar-refractivity contribution < 1.29 is 27.0 Å². The maximum Gasteiger partial charge on any atom is 0.347 e. The van der Waals surface area contributed by atoms with Crippen molar-refractivity contribution in [3.63, 3.8) is 0 Å².